The van der Waals surface area contributed by atoms with E-state index in [0.717, 1.165) is 19.3 Å². The lowest BCUT2D eigenvalue weighted by Gasteiger charge is -2.29. The SMILES string of the molecule is C=NN(/C(NC(=O)CSC)=C1\CCC(CCc2ccccc2)NC1=O)c1ccc(C#N)cn1. The lowest BCUT2D eigenvalue weighted by atomic mass is 9.94. The Kier molecular flexibility index (Phi) is 8.61. The van der Waals surface area contributed by atoms with Crippen molar-refractivity contribution < 1.29 is 9.59 Å². The fraction of sp³-hybridized carbons (Fsp3) is 0.292. The summed E-state index contributed by atoms with van der Waals surface area (Å²) in [5.41, 5.74) is 2.03. The highest BCUT2D eigenvalue weighted by atomic mass is 32.2. The van der Waals surface area contributed by atoms with Gasteiger partial charge in [-0.15, -0.1) is 0 Å². The minimum atomic E-state index is -0.258. The predicted molar refractivity (Wildman–Crippen MR) is 130 cm³/mol. The molecule has 0 aliphatic carbocycles. The van der Waals surface area contributed by atoms with Gasteiger partial charge in [0.15, 0.2) is 5.82 Å². The van der Waals surface area contributed by atoms with E-state index in [1.54, 1.807) is 12.1 Å². The molecule has 1 saturated heterocycles. The van der Waals surface area contributed by atoms with Crippen molar-refractivity contribution in [1.29, 1.82) is 5.26 Å². The number of nitrogens with one attached hydrogen (secondary N) is 2. The number of thioether (sulfide) groups is 1. The zero-order valence-electron chi connectivity index (χ0n) is 18.5. The van der Waals surface area contributed by atoms with Crippen molar-refractivity contribution in [2.45, 2.75) is 31.7 Å². The van der Waals surface area contributed by atoms with E-state index in [1.807, 2.05) is 30.5 Å². The van der Waals surface area contributed by atoms with Crippen molar-refractivity contribution in [3.8, 4) is 6.07 Å². The first-order valence-corrected chi connectivity index (χ1v) is 11.9. The third-order valence-electron chi connectivity index (χ3n) is 5.24. The summed E-state index contributed by atoms with van der Waals surface area (Å²) in [5.74, 6) is 0.298. The lowest BCUT2D eigenvalue weighted by Crippen LogP contribution is -2.44. The molecule has 0 radical (unpaired) electrons. The molecule has 2 amide bonds. The molecule has 170 valence electrons. The number of nitriles is 1. The Balaban J connectivity index is 1.83. The van der Waals surface area contributed by atoms with Crippen molar-refractivity contribution in [3.05, 3.63) is 71.2 Å². The maximum atomic E-state index is 13.1. The number of aromatic nitrogens is 1. The van der Waals surface area contributed by atoms with E-state index >= 15 is 0 Å². The molecule has 0 bridgehead atoms. The van der Waals surface area contributed by atoms with Crippen molar-refractivity contribution in [1.82, 2.24) is 15.6 Å². The van der Waals surface area contributed by atoms with E-state index in [-0.39, 0.29) is 29.4 Å². The van der Waals surface area contributed by atoms with Gasteiger partial charge in [0.25, 0.3) is 5.91 Å². The van der Waals surface area contributed by atoms with Gasteiger partial charge in [-0.2, -0.15) is 27.1 Å². The maximum Gasteiger partial charge on any atom is 0.251 e. The van der Waals surface area contributed by atoms with E-state index < -0.39 is 0 Å². The monoisotopic (exact) mass is 462 g/mol. The number of carbonyl (C=O) groups is 2. The number of nitrogens with zero attached hydrogens (tertiary/aromatic N) is 4. The number of anilines is 1. The van der Waals surface area contributed by atoms with Gasteiger partial charge in [0.05, 0.1) is 16.9 Å². The van der Waals surface area contributed by atoms with Crippen LogP contribution in [0.2, 0.25) is 0 Å². The quantitative estimate of drug-likeness (QED) is 0.337. The Hall–Kier alpha value is -3.64. The van der Waals surface area contributed by atoms with Crippen LogP contribution >= 0.6 is 11.8 Å². The Morgan fingerprint density at radius 2 is 2.15 bits per heavy atom. The van der Waals surface area contributed by atoms with Crippen LogP contribution in [0.1, 0.15) is 30.4 Å². The van der Waals surface area contributed by atoms with Crippen LogP contribution in [0.4, 0.5) is 5.82 Å². The molecule has 1 atom stereocenters. The highest BCUT2D eigenvalue weighted by molar-refractivity contribution is 7.99. The van der Waals surface area contributed by atoms with Gasteiger partial charge in [-0.1, -0.05) is 30.3 Å². The van der Waals surface area contributed by atoms with Gasteiger partial charge in [0, 0.05) is 19.0 Å². The second-order valence-electron chi connectivity index (χ2n) is 7.51. The molecule has 2 heterocycles. The molecule has 1 aromatic carbocycles. The molecule has 9 heteroatoms. The van der Waals surface area contributed by atoms with Crippen molar-refractivity contribution >= 4 is 36.1 Å². The van der Waals surface area contributed by atoms with Gasteiger partial charge >= 0.3 is 0 Å². The van der Waals surface area contributed by atoms with Gasteiger partial charge in [0.2, 0.25) is 5.91 Å². The smallest absolute Gasteiger partial charge is 0.251 e. The van der Waals surface area contributed by atoms with Crippen molar-refractivity contribution in [3.63, 3.8) is 0 Å². The first kappa shape index (κ1) is 24.0. The highest BCUT2D eigenvalue weighted by Crippen LogP contribution is 2.25. The van der Waals surface area contributed by atoms with Gasteiger partial charge in [-0.05, 0) is 49.6 Å². The summed E-state index contributed by atoms with van der Waals surface area (Å²) in [6, 6.07) is 15.4. The molecule has 1 aromatic heterocycles. The van der Waals surface area contributed by atoms with Crippen molar-refractivity contribution in [2.75, 3.05) is 17.0 Å². The maximum absolute atomic E-state index is 13.1. The number of piperidine rings is 1. The number of hydrogen-bond acceptors (Lipinski definition) is 7. The number of benzene rings is 1. The number of pyridine rings is 1. The summed E-state index contributed by atoms with van der Waals surface area (Å²) in [5, 5.41) is 20.3. The van der Waals surface area contributed by atoms with Crippen LogP contribution in [-0.2, 0) is 16.0 Å². The third-order valence-corrected chi connectivity index (χ3v) is 5.79. The van der Waals surface area contributed by atoms with Crippen molar-refractivity contribution in [2.24, 2.45) is 5.10 Å². The van der Waals surface area contributed by atoms with Gasteiger partial charge < -0.3 is 10.6 Å². The first-order chi connectivity index (χ1) is 16.0. The van der Waals surface area contributed by atoms with E-state index in [9.17, 15) is 9.59 Å². The molecule has 1 fully saturated rings. The topological polar surface area (TPSA) is 110 Å². The molecule has 1 aliphatic heterocycles. The Labute approximate surface area is 197 Å². The van der Waals surface area contributed by atoms with E-state index in [1.165, 1.54) is 28.5 Å². The van der Waals surface area contributed by atoms with E-state index in [2.05, 4.69) is 39.6 Å². The lowest BCUT2D eigenvalue weighted by molar-refractivity contribution is -0.119. The van der Waals surface area contributed by atoms with Crippen LogP contribution in [0.25, 0.3) is 0 Å². The number of rotatable bonds is 9. The predicted octanol–water partition coefficient (Wildman–Crippen LogP) is 2.98. The molecule has 3 rings (SSSR count). The molecule has 33 heavy (non-hydrogen) atoms. The van der Waals surface area contributed by atoms with Gasteiger partial charge in [-0.25, -0.2) is 4.98 Å². The second kappa shape index (κ2) is 11.8. The molecule has 1 unspecified atom stereocenters. The molecule has 2 N–H and O–H groups in total. The van der Waals surface area contributed by atoms with E-state index in [4.69, 9.17) is 5.26 Å². The fourth-order valence-corrected chi connectivity index (χ4v) is 3.93. The third kappa shape index (κ3) is 6.43. The molecule has 1 aliphatic rings. The van der Waals surface area contributed by atoms with Gasteiger partial charge in [-0.3, -0.25) is 9.59 Å². The first-order valence-electron chi connectivity index (χ1n) is 10.5. The van der Waals surface area contributed by atoms with Crippen LogP contribution in [-0.4, -0.2) is 41.6 Å². The number of hydrogen-bond donors (Lipinski definition) is 2. The average molecular weight is 463 g/mol. The molecule has 2 aromatic rings. The van der Waals surface area contributed by atoms with Crippen LogP contribution in [0.5, 0.6) is 0 Å². The summed E-state index contributed by atoms with van der Waals surface area (Å²) >= 11 is 1.37. The Bertz CT molecular complexity index is 1060. The zero-order valence-corrected chi connectivity index (χ0v) is 19.3. The fourth-order valence-electron chi connectivity index (χ4n) is 3.60. The number of carbonyl (C=O) groups excluding carboxylic acids is 2. The molecular formula is C24H26N6O2S. The molecule has 8 nitrogen and oxygen atoms in total. The second-order valence-corrected chi connectivity index (χ2v) is 8.38. The van der Waals surface area contributed by atoms with Crippen LogP contribution in [0, 0.1) is 11.3 Å². The summed E-state index contributed by atoms with van der Waals surface area (Å²) in [4.78, 5) is 29.7. The molecular weight excluding hydrogens is 436 g/mol. The zero-order chi connectivity index (χ0) is 23.6. The standard InChI is InChI=1S/C24H26N6O2S/c1-26-30(21-13-9-18(14-25)15-27-21)23(29-22(31)16-33-2)20-12-11-19(28-24(20)32)10-8-17-6-4-3-5-7-17/h3-7,9,13,15,19H,1,8,10-12,16H2,2H3,(H,28,32)(H,29,31)/b23-20+. The molecule has 0 saturated carbocycles. The van der Waals surface area contributed by atoms with Crippen LogP contribution < -0.4 is 15.6 Å². The summed E-state index contributed by atoms with van der Waals surface area (Å²) in [6.07, 6.45) is 6.14. The van der Waals surface area contributed by atoms with E-state index in [0.29, 0.717) is 23.4 Å². The van der Waals surface area contributed by atoms with Crippen LogP contribution in [0.15, 0.2) is 65.2 Å². The Morgan fingerprint density at radius 3 is 2.76 bits per heavy atom. The largest absolute Gasteiger partial charge is 0.349 e. The average Bonchev–Trinajstić information content (AvgIpc) is 2.84. The summed E-state index contributed by atoms with van der Waals surface area (Å²) in [6.45, 7) is 3.60. The summed E-state index contributed by atoms with van der Waals surface area (Å²) < 4.78 is 0. The minimum Gasteiger partial charge on any atom is -0.349 e. The summed E-state index contributed by atoms with van der Waals surface area (Å²) in [7, 11) is 0. The highest BCUT2D eigenvalue weighted by Gasteiger charge is 2.29. The number of hydrazone groups is 1. The number of aryl methyl sites for hydroxylation is 1. The minimum absolute atomic E-state index is 0.0442. The van der Waals surface area contributed by atoms with Crippen LogP contribution in [0.3, 0.4) is 0 Å². The Morgan fingerprint density at radius 1 is 1.36 bits per heavy atom. The molecule has 0 spiro atoms. The van der Waals surface area contributed by atoms with Gasteiger partial charge in [0.1, 0.15) is 11.9 Å². The normalized spacial score (nSPS) is 16.8. The number of amides is 2.